The summed E-state index contributed by atoms with van der Waals surface area (Å²) < 4.78 is 26.5. The first-order chi connectivity index (χ1) is 12.3. The maximum absolute atomic E-state index is 12.5. The van der Waals surface area contributed by atoms with E-state index < -0.39 is 10.0 Å². The second-order valence-corrected chi connectivity index (χ2v) is 8.31. The zero-order valence-electron chi connectivity index (χ0n) is 15.2. The molecule has 0 bridgehead atoms. The Morgan fingerprint density at radius 3 is 2.31 bits per heavy atom. The first kappa shape index (κ1) is 20.3. The summed E-state index contributed by atoms with van der Waals surface area (Å²) in [5.74, 6) is -0.395. The number of hydrogen-bond acceptors (Lipinski definition) is 5. The molecule has 1 N–H and O–H groups in total. The summed E-state index contributed by atoms with van der Waals surface area (Å²) in [6, 6.07) is 9.10. The molecule has 8 nitrogen and oxygen atoms in total. The van der Waals surface area contributed by atoms with Gasteiger partial charge in [-0.15, -0.1) is 0 Å². The standard InChI is InChI=1S/C17H26N4O4S/c1-18-16(22)12-19(2)17(23)13-20-8-10-21(11-9-20)26(24,25)14-15-6-4-3-5-7-15/h3-7H,8-14H2,1-2H3,(H,18,22). The maximum atomic E-state index is 12.5. The van der Waals surface area contributed by atoms with Gasteiger partial charge in [0.25, 0.3) is 0 Å². The van der Waals surface area contributed by atoms with Gasteiger partial charge in [-0.05, 0) is 5.56 Å². The molecule has 26 heavy (non-hydrogen) atoms. The van der Waals surface area contributed by atoms with E-state index in [9.17, 15) is 18.0 Å². The summed E-state index contributed by atoms with van der Waals surface area (Å²) in [6.07, 6.45) is 0. The van der Waals surface area contributed by atoms with Gasteiger partial charge in [0.2, 0.25) is 21.8 Å². The van der Waals surface area contributed by atoms with E-state index in [1.54, 1.807) is 19.2 Å². The van der Waals surface area contributed by atoms with Crippen LogP contribution in [0.1, 0.15) is 5.56 Å². The molecule has 1 saturated heterocycles. The molecule has 0 atom stereocenters. The van der Waals surface area contributed by atoms with Crippen molar-refractivity contribution in [3.8, 4) is 0 Å². The zero-order chi connectivity index (χ0) is 19.2. The molecule has 0 radical (unpaired) electrons. The molecule has 0 aliphatic carbocycles. The van der Waals surface area contributed by atoms with E-state index in [1.807, 2.05) is 23.1 Å². The largest absolute Gasteiger partial charge is 0.358 e. The van der Waals surface area contributed by atoms with Gasteiger partial charge in [0.05, 0.1) is 18.8 Å². The van der Waals surface area contributed by atoms with E-state index in [-0.39, 0.29) is 30.7 Å². The van der Waals surface area contributed by atoms with Crippen LogP contribution in [-0.2, 0) is 25.4 Å². The van der Waals surface area contributed by atoms with Crippen LogP contribution in [0.15, 0.2) is 30.3 Å². The maximum Gasteiger partial charge on any atom is 0.239 e. The van der Waals surface area contributed by atoms with Crippen molar-refractivity contribution in [1.82, 2.24) is 19.4 Å². The van der Waals surface area contributed by atoms with Gasteiger partial charge in [-0.3, -0.25) is 14.5 Å². The highest BCUT2D eigenvalue weighted by Crippen LogP contribution is 2.13. The topological polar surface area (TPSA) is 90.0 Å². The lowest BCUT2D eigenvalue weighted by Gasteiger charge is -2.34. The summed E-state index contributed by atoms with van der Waals surface area (Å²) in [7, 11) is -0.260. The fourth-order valence-corrected chi connectivity index (χ4v) is 4.25. The van der Waals surface area contributed by atoms with Crippen LogP contribution in [0.4, 0.5) is 0 Å². The van der Waals surface area contributed by atoms with Gasteiger partial charge in [0.1, 0.15) is 0 Å². The van der Waals surface area contributed by atoms with Crippen molar-refractivity contribution in [2.24, 2.45) is 0 Å². The van der Waals surface area contributed by atoms with Gasteiger partial charge in [-0.1, -0.05) is 30.3 Å². The summed E-state index contributed by atoms with van der Waals surface area (Å²) >= 11 is 0. The molecule has 1 aromatic carbocycles. The fourth-order valence-electron chi connectivity index (χ4n) is 2.74. The predicted octanol–water partition coefficient (Wildman–Crippen LogP) is -0.662. The highest BCUT2D eigenvalue weighted by Gasteiger charge is 2.28. The van der Waals surface area contributed by atoms with E-state index in [4.69, 9.17) is 0 Å². The number of rotatable bonds is 7. The second-order valence-electron chi connectivity index (χ2n) is 6.34. The molecule has 1 aliphatic rings. The summed E-state index contributed by atoms with van der Waals surface area (Å²) in [4.78, 5) is 26.8. The Bertz CT molecular complexity index is 716. The van der Waals surface area contributed by atoms with Gasteiger partial charge < -0.3 is 10.2 Å². The minimum Gasteiger partial charge on any atom is -0.358 e. The van der Waals surface area contributed by atoms with Gasteiger partial charge in [0.15, 0.2) is 0 Å². The molecule has 9 heteroatoms. The number of amides is 2. The molecule has 2 amide bonds. The lowest BCUT2D eigenvalue weighted by atomic mass is 10.2. The van der Waals surface area contributed by atoms with Crippen molar-refractivity contribution < 1.29 is 18.0 Å². The number of carbonyl (C=O) groups is 2. The Kier molecular flexibility index (Phi) is 7.13. The van der Waals surface area contributed by atoms with Crippen LogP contribution in [0.25, 0.3) is 0 Å². The summed E-state index contributed by atoms with van der Waals surface area (Å²) in [5, 5.41) is 2.48. The van der Waals surface area contributed by atoms with Crippen LogP contribution in [0.3, 0.4) is 0 Å². The van der Waals surface area contributed by atoms with Crippen LogP contribution in [0, 0.1) is 0 Å². The minimum absolute atomic E-state index is 0.0123. The molecule has 1 heterocycles. The first-order valence-corrected chi connectivity index (χ1v) is 10.1. The molecule has 0 aromatic heterocycles. The Balaban J connectivity index is 1.83. The van der Waals surface area contributed by atoms with E-state index in [2.05, 4.69) is 5.32 Å². The molecule has 2 rings (SSSR count). The SMILES string of the molecule is CNC(=O)CN(C)C(=O)CN1CCN(S(=O)(=O)Cc2ccccc2)CC1. The number of nitrogens with one attached hydrogen (secondary N) is 1. The van der Waals surface area contributed by atoms with E-state index in [0.29, 0.717) is 26.2 Å². The first-order valence-electron chi connectivity index (χ1n) is 8.50. The number of likely N-dealkylation sites (N-methyl/N-ethyl adjacent to an activating group) is 2. The number of hydrogen-bond donors (Lipinski definition) is 1. The molecular formula is C17H26N4O4S. The quantitative estimate of drug-likeness (QED) is 0.676. The highest BCUT2D eigenvalue weighted by atomic mass is 32.2. The van der Waals surface area contributed by atoms with Crippen molar-refractivity contribution in [3.05, 3.63) is 35.9 Å². The molecule has 1 fully saturated rings. The van der Waals surface area contributed by atoms with Crippen molar-refractivity contribution in [2.75, 3.05) is 53.4 Å². The Labute approximate surface area is 154 Å². The van der Waals surface area contributed by atoms with Crippen molar-refractivity contribution >= 4 is 21.8 Å². The average molecular weight is 382 g/mol. The minimum atomic E-state index is -3.37. The number of carbonyl (C=O) groups excluding carboxylic acids is 2. The number of piperazine rings is 1. The van der Waals surface area contributed by atoms with Crippen LogP contribution in [0.2, 0.25) is 0 Å². The van der Waals surface area contributed by atoms with E-state index >= 15 is 0 Å². The molecule has 144 valence electrons. The number of nitrogens with zero attached hydrogens (tertiary/aromatic N) is 3. The normalized spacial score (nSPS) is 16.2. The van der Waals surface area contributed by atoms with Crippen molar-refractivity contribution in [1.29, 1.82) is 0 Å². The Hall–Kier alpha value is -1.97. The molecule has 0 spiro atoms. The summed E-state index contributed by atoms with van der Waals surface area (Å²) in [5.41, 5.74) is 0.765. The predicted molar refractivity (Wildman–Crippen MR) is 98.8 cm³/mol. The molecule has 1 aliphatic heterocycles. The third-order valence-electron chi connectivity index (χ3n) is 4.36. The van der Waals surface area contributed by atoms with Gasteiger partial charge in [-0.2, -0.15) is 4.31 Å². The molecule has 0 saturated carbocycles. The van der Waals surface area contributed by atoms with Crippen molar-refractivity contribution in [3.63, 3.8) is 0 Å². The lowest BCUT2D eigenvalue weighted by molar-refractivity contribution is -0.135. The lowest BCUT2D eigenvalue weighted by Crippen LogP contribution is -2.51. The van der Waals surface area contributed by atoms with Crippen molar-refractivity contribution in [2.45, 2.75) is 5.75 Å². The monoisotopic (exact) mass is 382 g/mol. The second kappa shape index (κ2) is 9.11. The van der Waals surface area contributed by atoms with Crippen LogP contribution in [0.5, 0.6) is 0 Å². The van der Waals surface area contributed by atoms with Crippen LogP contribution < -0.4 is 5.32 Å². The third kappa shape index (κ3) is 5.79. The molecule has 1 aromatic rings. The third-order valence-corrected chi connectivity index (χ3v) is 6.21. The smallest absolute Gasteiger partial charge is 0.239 e. The fraction of sp³-hybridized carbons (Fsp3) is 0.529. The van der Waals surface area contributed by atoms with E-state index in [1.165, 1.54) is 16.3 Å². The Morgan fingerprint density at radius 2 is 1.73 bits per heavy atom. The highest BCUT2D eigenvalue weighted by molar-refractivity contribution is 7.88. The number of sulfonamides is 1. The van der Waals surface area contributed by atoms with Gasteiger partial charge >= 0.3 is 0 Å². The van der Waals surface area contributed by atoms with Gasteiger partial charge in [0, 0.05) is 40.3 Å². The summed E-state index contributed by atoms with van der Waals surface area (Å²) in [6.45, 7) is 1.91. The Morgan fingerprint density at radius 1 is 1.12 bits per heavy atom. The molecule has 0 unspecified atom stereocenters. The molecular weight excluding hydrogens is 356 g/mol. The van der Waals surface area contributed by atoms with E-state index in [0.717, 1.165) is 5.56 Å². The zero-order valence-corrected chi connectivity index (χ0v) is 16.0. The van der Waals surface area contributed by atoms with Gasteiger partial charge in [-0.25, -0.2) is 8.42 Å². The average Bonchev–Trinajstić information content (AvgIpc) is 2.62. The number of benzene rings is 1. The van der Waals surface area contributed by atoms with Crippen LogP contribution >= 0.6 is 0 Å². The van der Waals surface area contributed by atoms with Crippen LogP contribution in [-0.4, -0.2) is 87.7 Å².